The van der Waals surface area contributed by atoms with Crippen LogP contribution in [0.3, 0.4) is 0 Å². The maximum Gasteiger partial charge on any atom is 0.0663 e. The minimum Gasteiger partial charge on any atom is -0.376 e. The Morgan fingerprint density at radius 3 is 2.19 bits per heavy atom. The van der Waals surface area contributed by atoms with E-state index in [0.29, 0.717) is 12.7 Å². The van der Waals surface area contributed by atoms with Gasteiger partial charge in [0.25, 0.3) is 0 Å². The summed E-state index contributed by atoms with van der Waals surface area (Å²) in [4.78, 5) is 0. The van der Waals surface area contributed by atoms with E-state index >= 15 is 0 Å². The number of hydrogen-bond donors (Lipinski definition) is 1. The quantitative estimate of drug-likeness (QED) is 0.886. The Morgan fingerprint density at radius 2 is 1.52 bits per heavy atom. The molecule has 0 amide bonds. The van der Waals surface area contributed by atoms with E-state index in [1.54, 1.807) is 0 Å². The molecular weight excluding hydrogens is 258 g/mol. The van der Waals surface area contributed by atoms with Gasteiger partial charge in [0.2, 0.25) is 0 Å². The van der Waals surface area contributed by atoms with Crippen molar-refractivity contribution in [3.63, 3.8) is 0 Å². The second-order valence-corrected chi connectivity index (χ2v) is 5.83. The average molecular weight is 281 g/mol. The standard InChI is InChI=1S/C19H23NO/c20-19(14-21-18-8-4-5-9-18)17-12-10-16(11-13-17)15-6-2-1-3-7-15/h1-3,6-7,10-13,18-19H,4-5,8-9,14,20H2. The first-order chi connectivity index (χ1) is 10.3. The topological polar surface area (TPSA) is 35.2 Å². The molecule has 2 N–H and O–H groups in total. The Kier molecular flexibility index (Phi) is 4.69. The average Bonchev–Trinajstić information content (AvgIpc) is 3.07. The van der Waals surface area contributed by atoms with Gasteiger partial charge in [0.15, 0.2) is 0 Å². The maximum atomic E-state index is 6.24. The molecule has 1 unspecified atom stereocenters. The van der Waals surface area contributed by atoms with Crippen LogP contribution < -0.4 is 5.73 Å². The SMILES string of the molecule is NC(COC1CCCC1)c1ccc(-c2ccccc2)cc1. The maximum absolute atomic E-state index is 6.24. The summed E-state index contributed by atoms with van der Waals surface area (Å²) in [5, 5.41) is 0. The molecule has 2 nitrogen and oxygen atoms in total. The fourth-order valence-corrected chi connectivity index (χ4v) is 2.94. The molecule has 0 heterocycles. The fraction of sp³-hybridized carbons (Fsp3) is 0.368. The lowest BCUT2D eigenvalue weighted by Gasteiger charge is -2.17. The van der Waals surface area contributed by atoms with E-state index < -0.39 is 0 Å². The first-order valence-electron chi connectivity index (χ1n) is 7.85. The molecule has 0 saturated heterocycles. The van der Waals surface area contributed by atoms with Crippen LogP contribution in [-0.4, -0.2) is 12.7 Å². The van der Waals surface area contributed by atoms with Crippen molar-refractivity contribution in [3.8, 4) is 11.1 Å². The molecular formula is C19H23NO. The number of nitrogens with two attached hydrogens (primary N) is 1. The molecule has 0 aliphatic heterocycles. The zero-order valence-corrected chi connectivity index (χ0v) is 12.4. The van der Waals surface area contributed by atoms with Gasteiger partial charge >= 0.3 is 0 Å². The molecule has 1 saturated carbocycles. The lowest BCUT2D eigenvalue weighted by molar-refractivity contribution is 0.0489. The Morgan fingerprint density at radius 1 is 0.905 bits per heavy atom. The summed E-state index contributed by atoms with van der Waals surface area (Å²) in [6.07, 6.45) is 5.41. The Labute approximate surface area is 126 Å². The van der Waals surface area contributed by atoms with Crippen molar-refractivity contribution < 1.29 is 4.74 Å². The van der Waals surface area contributed by atoms with Gasteiger partial charge in [-0.1, -0.05) is 67.4 Å². The summed E-state index contributed by atoms with van der Waals surface area (Å²) in [5.74, 6) is 0. The monoisotopic (exact) mass is 281 g/mol. The van der Waals surface area contributed by atoms with Gasteiger partial charge in [0.05, 0.1) is 18.8 Å². The van der Waals surface area contributed by atoms with E-state index in [-0.39, 0.29) is 6.04 Å². The highest BCUT2D eigenvalue weighted by Crippen LogP contribution is 2.24. The highest BCUT2D eigenvalue weighted by molar-refractivity contribution is 5.63. The summed E-state index contributed by atoms with van der Waals surface area (Å²) < 4.78 is 5.91. The second kappa shape index (κ2) is 6.88. The minimum absolute atomic E-state index is 0.0320. The van der Waals surface area contributed by atoms with Crippen molar-refractivity contribution in [1.82, 2.24) is 0 Å². The highest BCUT2D eigenvalue weighted by Gasteiger charge is 2.17. The van der Waals surface area contributed by atoms with Gasteiger partial charge < -0.3 is 10.5 Å². The van der Waals surface area contributed by atoms with Crippen molar-refractivity contribution in [2.75, 3.05) is 6.61 Å². The van der Waals surface area contributed by atoms with E-state index in [0.717, 1.165) is 5.56 Å². The van der Waals surface area contributed by atoms with Crippen molar-refractivity contribution in [3.05, 3.63) is 60.2 Å². The molecule has 0 spiro atoms. The van der Waals surface area contributed by atoms with Crippen LogP contribution in [0.25, 0.3) is 11.1 Å². The Balaban J connectivity index is 1.60. The zero-order chi connectivity index (χ0) is 14.5. The molecule has 1 atom stereocenters. The summed E-state index contributed by atoms with van der Waals surface area (Å²) >= 11 is 0. The van der Waals surface area contributed by atoms with Crippen LogP contribution in [0, 0.1) is 0 Å². The molecule has 1 aliphatic carbocycles. The van der Waals surface area contributed by atoms with Crippen LogP contribution in [0.4, 0.5) is 0 Å². The van der Waals surface area contributed by atoms with E-state index in [1.807, 2.05) is 6.07 Å². The molecule has 0 aromatic heterocycles. The van der Waals surface area contributed by atoms with Crippen molar-refractivity contribution in [2.24, 2.45) is 5.73 Å². The molecule has 0 bridgehead atoms. The van der Waals surface area contributed by atoms with Crippen LogP contribution in [0.2, 0.25) is 0 Å². The van der Waals surface area contributed by atoms with Crippen LogP contribution in [0.15, 0.2) is 54.6 Å². The van der Waals surface area contributed by atoms with Gasteiger partial charge in [-0.15, -0.1) is 0 Å². The smallest absolute Gasteiger partial charge is 0.0663 e. The van der Waals surface area contributed by atoms with Crippen molar-refractivity contribution in [2.45, 2.75) is 37.8 Å². The van der Waals surface area contributed by atoms with Crippen LogP contribution in [0.1, 0.15) is 37.3 Å². The summed E-state index contributed by atoms with van der Waals surface area (Å²) in [7, 11) is 0. The predicted octanol–water partition coefficient (Wildman–Crippen LogP) is 4.31. The molecule has 1 fully saturated rings. The normalized spacial score (nSPS) is 17.0. The van der Waals surface area contributed by atoms with E-state index in [2.05, 4.69) is 48.5 Å². The first kappa shape index (κ1) is 14.3. The van der Waals surface area contributed by atoms with E-state index in [9.17, 15) is 0 Å². The van der Waals surface area contributed by atoms with E-state index in [1.165, 1.54) is 36.8 Å². The van der Waals surface area contributed by atoms with Crippen molar-refractivity contribution in [1.29, 1.82) is 0 Å². The molecule has 1 aliphatic rings. The third-order valence-electron chi connectivity index (χ3n) is 4.26. The largest absolute Gasteiger partial charge is 0.376 e. The van der Waals surface area contributed by atoms with Gasteiger partial charge in [-0.05, 0) is 29.5 Å². The molecule has 21 heavy (non-hydrogen) atoms. The van der Waals surface area contributed by atoms with Gasteiger partial charge in [-0.3, -0.25) is 0 Å². The zero-order valence-electron chi connectivity index (χ0n) is 12.4. The predicted molar refractivity (Wildman–Crippen MR) is 87.0 cm³/mol. The molecule has 110 valence electrons. The molecule has 2 aromatic rings. The summed E-state index contributed by atoms with van der Waals surface area (Å²) in [6.45, 7) is 0.620. The number of hydrogen-bond acceptors (Lipinski definition) is 2. The lowest BCUT2D eigenvalue weighted by Crippen LogP contribution is -2.20. The van der Waals surface area contributed by atoms with Crippen LogP contribution in [0.5, 0.6) is 0 Å². The number of benzene rings is 2. The molecule has 2 aromatic carbocycles. The third-order valence-corrected chi connectivity index (χ3v) is 4.26. The second-order valence-electron chi connectivity index (χ2n) is 5.83. The summed E-state index contributed by atoms with van der Waals surface area (Å²) in [5.41, 5.74) is 9.84. The molecule has 2 heteroatoms. The van der Waals surface area contributed by atoms with Gasteiger partial charge in [0, 0.05) is 0 Å². The number of rotatable bonds is 5. The number of ether oxygens (including phenoxy) is 1. The van der Waals surface area contributed by atoms with Crippen molar-refractivity contribution >= 4 is 0 Å². The minimum atomic E-state index is -0.0320. The van der Waals surface area contributed by atoms with E-state index in [4.69, 9.17) is 10.5 Å². The molecule has 0 radical (unpaired) electrons. The molecule has 3 rings (SSSR count). The fourth-order valence-electron chi connectivity index (χ4n) is 2.94. The van der Waals surface area contributed by atoms with Gasteiger partial charge in [-0.2, -0.15) is 0 Å². The third kappa shape index (κ3) is 3.72. The Bertz CT molecular complexity index is 544. The van der Waals surface area contributed by atoms with Crippen LogP contribution >= 0.6 is 0 Å². The Hall–Kier alpha value is -1.64. The lowest BCUT2D eigenvalue weighted by atomic mass is 10.0. The first-order valence-corrected chi connectivity index (χ1v) is 7.85. The van der Waals surface area contributed by atoms with Gasteiger partial charge in [0.1, 0.15) is 0 Å². The highest BCUT2D eigenvalue weighted by atomic mass is 16.5. The van der Waals surface area contributed by atoms with Crippen LogP contribution in [-0.2, 0) is 4.74 Å². The summed E-state index contributed by atoms with van der Waals surface area (Å²) in [6, 6.07) is 18.9. The van der Waals surface area contributed by atoms with Gasteiger partial charge in [-0.25, -0.2) is 0 Å².